The highest BCUT2D eigenvalue weighted by Crippen LogP contribution is 2.07. The van der Waals surface area contributed by atoms with Crippen molar-refractivity contribution < 1.29 is 9.90 Å². The molecule has 8 nitrogen and oxygen atoms in total. The zero-order valence-corrected chi connectivity index (χ0v) is 9.52. The van der Waals surface area contributed by atoms with Gasteiger partial charge in [-0.3, -0.25) is 4.68 Å². The molecule has 0 saturated heterocycles. The Morgan fingerprint density at radius 3 is 2.89 bits per heavy atom. The van der Waals surface area contributed by atoms with Crippen LogP contribution >= 0.6 is 0 Å². The molecular weight excluding hydrogens is 236 g/mol. The highest BCUT2D eigenvalue weighted by atomic mass is 16.4. The molecule has 0 unspecified atom stereocenters. The Labute approximate surface area is 103 Å². The van der Waals surface area contributed by atoms with Crippen LogP contribution in [0.4, 0.5) is 5.82 Å². The number of carboxylic acid groups (broad SMARTS) is 1. The zero-order chi connectivity index (χ0) is 12.8. The van der Waals surface area contributed by atoms with Crippen molar-refractivity contribution in [3.05, 3.63) is 30.5 Å². The van der Waals surface area contributed by atoms with Crippen molar-refractivity contribution in [1.29, 1.82) is 0 Å². The molecule has 0 aromatic carbocycles. The monoisotopic (exact) mass is 248 g/mol. The maximum absolute atomic E-state index is 10.9. The summed E-state index contributed by atoms with van der Waals surface area (Å²) in [5, 5.41) is 19.4. The summed E-state index contributed by atoms with van der Waals surface area (Å²) < 4.78 is 1.70. The second-order valence-electron chi connectivity index (χ2n) is 3.51. The van der Waals surface area contributed by atoms with Crippen LogP contribution < -0.4 is 5.32 Å². The fourth-order valence-electron chi connectivity index (χ4n) is 1.42. The molecular formula is C10H12N6O2. The van der Waals surface area contributed by atoms with Crippen LogP contribution in [0.5, 0.6) is 0 Å². The molecule has 94 valence electrons. The minimum Gasteiger partial charge on any atom is -0.476 e. The molecule has 8 heteroatoms. The van der Waals surface area contributed by atoms with E-state index in [2.05, 4.69) is 25.6 Å². The molecule has 0 saturated carbocycles. The van der Waals surface area contributed by atoms with Crippen LogP contribution in [0.25, 0.3) is 0 Å². The van der Waals surface area contributed by atoms with Gasteiger partial charge in [0.15, 0.2) is 11.5 Å². The van der Waals surface area contributed by atoms with Crippen molar-refractivity contribution in [2.75, 3.05) is 11.9 Å². The van der Waals surface area contributed by atoms with E-state index in [0.29, 0.717) is 13.1 Å². The molecule has 0 atom stereocenters. The average Bonchev–Trinajstić information content (AvgIpc) is 2.88. The molecule has 18 heavy (non-hydrogen) atoms. The maximum Gasteiger partial charge on any atom is 0.358 e. The third kappa shape index (κ3) is 3.00. The summed E-state index contributed by atoms with van der Waals surface area (Å²) in [4.78, 5) is 18.6. The highest BCUT2D eigenvalue weighted by Gasteiger charge is 2.11. The number of carbonyl (C=O) groups is 1. The van der Waals surface area contributed by atoms with Crippen molar-refractivity contribution in [3.63, 3.8) is 0 Å². The summed E-state index contributed by atoms with van der Waals surface area (Å²) in [5.41, 5.74) is -0.0711. The zero-order valence-electron chi connectivity index (χ0n) is 9.52. The number of aromatic nitrogens is 5. The van der Waals surface area contributed by atoms with Gasteiger partial charge in [0.05, 0.1) is 6.20 Å². The number of aryl methyl sites for hydroxylation is 1. The van der Waals surface area contributed by atoms with Gasteiger partial charge in [-0.1, -0.05) is 5.21 Å². The lowest BCUT2D eigenvalue weighted by Crippen LogP contribution is -2.12. The fourth-order valence-corrected chi connectivity index (χ4v) is 1.42. The molecule has 2 heterocycles. The van der Waals surface area contributed by atoms with Crippen molar-refractivity contribution in [2.24, 2.45) is 0 Å². The molecule has 0 aliphatic rings. The van der Waals surface area contributed by atoms with Crippen LogP contribution in [0.1, 0.15) is 16.9 Å². The molecule has 0 radical (unpaired) electrons. The first-order valence-electron chi connectivity index (χ1n) is 5.39. The summed E-state index contributed by atoms with van der Waals surface area (Å²) in [5.74, 6) is -0.814. The second-order valence-corrected chi connectivity index (χ2v) is 3.51. The number of nitrogens with zero attached hydrogens (tertiary/aromatic N) is 5. The smallest absolute Gasteiger partial charge is 0.358 e. The van der Waals surface area contributed by atoms with E-state index < -0.39 is 5.97 Å². The van der Waals surface area contributed by atoms with Gasteiger partial charge in [-0.25, -0.2) is 14.8 Å². The summed E-state index contributed by atoms with van der Waals surface area (Å²) in [6.45, 7) is 1.29. The molecule has 2 aromatic heterocycles. The Kier molecular flexibility index (Phi) is 3.79. The Morgan fingerprint density at radius 2 is 2.17 bits per heavy atom. The van der Waals surface area contributed by atoms with Crippen molar-refractivity contribution in [2.45, 2.75) is 13.0 Å². The standard InChI is InChI=1S/C10H12N6O2/c17-10(18)8-9(13-4-3-11-8)12-2-1-6-16-7-5-14-15-16/h3-5,7H,1-2,6H2,(H,12,13)(H,17,18). The first kappa shape index (κ1) is 12.0. The lowest BCUT2D eigenvalue weighted by Gasteiger charge is -2.07. The molecule has 0 amide bonds. The van der Waals surface area contributed by atoms with E-state index in [1.165, 1.54) is 12.4 Å². The maximum atomic E-state index is 10.9. The number of anilines is 1. The molecule has 0 bridgehead atoms. The van der Waals surface area contributed by atoms with E-state index in [1.807, 2.05) is 0 Å². The van der Waals surface area contributed by atoms with Gasteiger partial charge in [0.25, 0.3) is 0 Å². The Morgan fingerprint density at radius 1 is 1.33 bits per heavy atom. The van der Waals surface area contributed by atoms with Crippen LogP contribution in [0, 0.1) is 0 Å². The van der Waals surface area contributed by atoms with Gasteiger partial charge in [0.2, 0.25) is 0 Å². The number of rotatable bonds is 6. The van der Waals surface area contributed by atoms with Crippen LogP contribution in [-0.4, -0.2) is 42.6 Å². The normalized spacial score (nSPS) is 10.2. The minimum absolute atomic E-state index is 0.0711. The van der Waals surface area contributed by atoms with E-state index in [9.17, 15) is 4.79 Å². The van der Waals surface area contributed by atoms with E-state index >= 15 is 0 Å². The van der Waals surface area contributed by atoms with E-state index in [1.54, 1.807) is 17.1 Å². The fraction of sp³-hybridized carbons (Fsp3) is 0.300. The van der Waals surface area contributed by atoms with Gasteiger partial charge in [0, 0.05) is 31.7 Å². The van der Waals surface area contributed by atoms with Gasteiger partial charge in [0.1, 0.15) is 0 Å². The van der Waals surface area contributed by atoms with E-state index in [4.69, 9.17) is 5.11 Å². The Bertz CT molecular complexity index is 513. The van der Waals surface area contributed by atoms with Gasteiger partial charge in [-0.2, -0.15) is 0 Å². The second kappa shape index (κ2) is 5.71. The molecule has 0 aliphatic carbocycles. The van der Waals surface area contributed by atoms with Gasteiger partial charge in [-0.05, 0) is 6.42 Å². The quantitative estimate of drug-likeness (QED) is 0.706. The predicted octanol–water partition coefficient (Wildman–Crippen LogP) is 0.268. The topological polar surface area (TPSA) is 106 Å². The lowest BCUT2D eigenvalue weighted by molar-refractivity contribution is 0.0691. The summed E-state index contributed by atoms with van der Waals surface area (Å²) in [7, 11) is 0. The van der Waals surface area contributed by atoms with E-state index in [-0.39, 0.29) is 11.5 Å². The largest absolute Gasteiger partial charge is 0.476 e. The molecule has 0 aliphatic heterocycles. The predicted molar refractivity (Wildman–Crippen MR) is 62.1 cm³/mol. The van der Waals surface area contributed by atoms with Crippen LogP contribution in [0.15, 0.2) is 24.8 Å². The van der Waals surface area contributed by atoms with Crippen molar-refractivity contribution in [3.8, 4) is 0 Å². The highest BCUT2D eigenvalue weighted by molar-refractivity contribution is 5.90. The molecule has 0 spiro atoms. The lowest BCUT2D eigenvalue weighted by atomic mass is 10.3. The third-order valence-corrected chi connectivity index (χ3v) is 2.23. The van der Waals surface area contributed by atoms with Crippen LogP contribution in [0.3, 0.4) is 0 Å². The first-order chi connectivity index (χ1) is 8.77. The first-order valence-corrected chi connectivity index (χ1v) is 5.39. The molecule has 2 N–H and O–H groups in total. The molecule has 0 fully saturated rings. The average molecular weight is 248 g/mol. The minimum atomic E-state index is -1.10. The number of aromatic carboxylic acids is 1. The Hall–Kier alpha value is -2.51. The van der Waals surface area contributed by atoms with Gasteiger partial charge >= 0.3 is 5.97 Å². The number of nitrogens with one attached hydrogen (secondary N) is 1. The van der Waals surface area contributed by atoms with Gasteiger partial charge in [-0.15, -0.1) is 5.10 Å². The molecule has 2 aromatic rings. The van der Waals surface area contributed by atoms with Crippen LogP contribution in [0.2, 0.25) is 0 Å². The summed E-state index contributed by atoms with van der Waals surface area (Å²) in [6.07, 6.45) is 6.96. The summed E-state index contributed by atoms with van der Waals surface area (Å²) in [6, 6.07) is 0. The van der Waals surface area contributed by atoms with E-state index in [0.717, 1.165) is 6.42 Å². The van der Waals surface area contributed by atoms with Crippen molar-refractivity contribution in [1.82, 2.24) is 25.0 Å². The van der Waals surface area contributed by atoms with Gasteiger partial charge < -0.3 is 10.4 Å². The number of hydrogen-bond donors (Lipinski definition) is 2. The number of carboxylic acids is 1. The van der Waals surface area contributed by atoms with Crippen LogP contribution in [-0.2, 0) is 6.54 Å². The van der Waals surface area contributed by atoms with Crippen molar-refractivity contribution >= 4 is 11.8 Å². The summed E-state index contributed by atoms with van der Waals surface area (Å²) >= 11 is 0. The third-order valence-electron chi connectivity index (χ3n) is 2.23. The SMILES string of the molecule is O=C(O)c1nccnc1NCCCn1ccnn1. The number of hydrogen-bond acceptors (Lipinski definition) is 6. The Balaban J connectivity index is 1.85. The molecule has 2 rings (SSSR count).